The van der Waals surface area contributed by atoms with E-state index in [1.54, 1.807) is 19.9 Å². The molecule has 1 atom stereocenters. The molecule has 6 heteroatoms. The lowest BCUT2D eigenvalue weighted by Gasteiger charge is -2.33. The summed E-state index contributed by atoms with van der Waals surface area (Å²) in [4.78, 5) is 14.3. The first-order valence-corrected chi connectivity index (χ1v) is 9.94. The Morgan fingerprint density at radius 2 is 1.96 bits per heavy atom. The topological polar surface area (TPSA) is 66.5 Å². The van der Waals surface area contributed by atoms with Crippen molar-refractivity contribution in [3.8, 4) is 0 Å². The summed E-state index contributed by atoms with van der Waals surface area (Å²) in [5.74, 6) is 0.221. The second-order valence-corrected chi connectivity index (χ2v) is 10.1. The van der Waals surface area contributed by atoms with Crippen molar-refractivity contribution in [2.45, 2.75) is 59.6 Å². The SMILES string of the molecule is C/C(=C/C(=O)N1CCCC(CNS(=O)(=O)C(C)C)C1)C(C)(C)C. The van der Waals surface area contributed by atoms with E-state index in [-0.39, 0.29) is 17.2 Å². The van der Waals surface area contributed by atoms with Gasteiger partial charge in [0, 0.05) is 25.7 Å². The van der Waals surface area contributed by atoms with Gasteiger partial charge in [0.1, 0.15) is 0 Å². The van der Waals surface area contributed by atoms with Crippen molar-refractivity contribution in [3.63, 3.8) is 0 Å². The van der Waals surface area contributed by atoms with Crippen molar-refractivity contribution in [2.75, 3.05) is 19.6 Å². The largest absolute Gasteiger partial charge is 0.339 e. The average Bonchev–Trinajstić information content (AvgIpc) is 2.44. The molecule has 1 N–H and O–H groups in total. The Balaban J connectivity index is 2.63. The highest BCUT2D eigenvalue weighted by Gasteiger charge is 2.25. The minimum absolute atomic E-state index is 0.0161. The summed E-state index contributed by atoms with van der Waals surface area (Å²) in [6, 6.07) is 0. The number of piperidine rings is 1. The Morgan fingerprint density at radius 3 is 2.48 bits per heavy atom. The molecule has 1 saturated heterocycles. The summed E-state index contributed by atoms with van der Waals surface area (Å²) in [6.45, 7) is 13.4. The Kier molecular flexibility index (Phi) is 6.83. The molecule has 134 valence electrons. The van der Waals surface area contributed by atoms with Crippen molar-refractivity contribution >= 4 is 15.9 Å². The van der Waals surface area contributed by atoms with Crippen LogP contribution in [-0.2, 0) is 14.8 Å². The standard InChI is InChI=1S/C17H32N2O3S/c1-13(2)23(21,22)18-11-15-8-7-9-19(12-15)16(20)10-14(3)17(4,5)6/h10,13,15,18H,7-9,11-12H2,1-6H3/b14-10-. The number of amides is 1. The zero-order valence-electron chi connectivity index (χ0n) is 15.3. The first-order chi connectivity index (χ1) is 10.4. The van der Waals surface area contributed by atoms with E-state index in [1.165, 1.54) is 0 Å². The van der Waals surface area contributed by atoms with Crippen LogP contribution in [0.5, 0.6) is 0 Å². The molecule has 1 aliphatic rings. The molecule has 0 saturated carbocycles. The van der Waals surface area contributed by atoms with Crippen LogP contribution < -0.4 is 4.72 Å². The maximum absolute atomic E-state index is 12.4. The maximum Gasteiger partial charge on any atom is 0.246 e. The van der Waals surface area contributed by atoms with Crippen LogP contribution in [0.1, 0.15) is 54.4 Å². The minimum atomic E-state index is -3.24. The highest BCUT2D eigenvalue weighted by atomic mass is 32.2. The van der Waals surface area contributed by atoms with Gasteiger partial charge in [0.2, 0.25) is 15.9 Å². The third-order valence-electron chi connectivity index (χ3n) is 4.55. The highest BCUT2D eigenvalue weighted by molar-refractivity contribution is 7.90. The Labute approximate surface area is 141 Å². The molecule has 1 unspecified atom stereocenters. The van der Waals surface area contributed by atoms with Gasteiger partial charge in [0.05, 0.1) is 5.25 Å². The fourth-order valence-corrected chi connectivity index (χ4v) is 3.13. The molecule has 23 heavy (non-hydrogen) atoms. The van der Waals surface area contributed by atoms with Crippen LogP contribution in [0.15, 0.2) is 11.6 Å². The van der Waals surface area contributed by atoms with E-state index in [4.69, 9.17) is 0 Å². The van der Waals surface area contributed by atoms with Gasteiger partial charge in [-0.1, -0.05) is 26.3 Å². The second kappa shape index (κ2) is 7.79. The van der Waals surface area contributed by atoms with Gasteiger partial charge in [-0.2, -0.15) is 0 Å². The summed E-state index contributed by atoms with van der Waals surface area (Å²) in [5.41, 5.74) is 1.04. The van der Waals surface area contributed by atoms with E-state index in [0.717, 1.165) is 25.0 Å². The zero-order valence-corrected chi connectivity index (χ0v) is 16.2. The Morgan fingerprint density at radius 1 is 1.35 bits per heavy atom. The number of hydrogen-bond donors (Lipinski definition) is 1. The number of carbonyl (C=O) groups excluding carboxylic acids is 1. The van der Waals surface area contributed by atoms with Crippen LogP contribution in [0.25, 0.3) is 0 Å². The predicted molar refractivity (Wildman–Crippen MR) is 94.6 cm³/mol. The Bertz CT molecular complexity index is 545. The molecule has 0 bridgehead atoms. The van der Waals surface area contributed by atoms with Gasteiger partial charge in [0.25, 0.3) is 0 Å². The molecule has 1 aliphatic heterocycles. The molecule has 1 rings (SSSR count). The summed E-state index contributed by atoms with van der Waals surface area (Å²) in [5, 5.41) is -0.429. The van der Waals surface area contributed by atoms with Crippen LogP contribution in [0.3, 0.4) is 0 Å². The fraction of sp³-hybridized carbons (Fsp3) is 0.824. The van der Waals surface area contributed by atoms with Crippen LogP contribution in [0.4, 0.5) is 0 Å². The number of likely N-dealkylation sites (tertiary alicyclic amines) is 1. The van der Waals surface area contributed by atoms with Gasteiger partial charge >= 0.3 is 0 Å². The molecular weight excluding hydrogens is 312 g/mol. The van der Waals surface area contributed by atoms with Crippen molar-refractivity contribution in [1.82, 2.24) is 9.62 Å². The van der Waals surface area contributed by atoms with E-state index in [1.807, 2.05) is 11.8 Å². The number of rotatable bonds is 5. The lowest BCUT2D eigenvalue weighted by atomic mass is 9.87. The number of nitrogens with one attached hydrogen (secondary N) is 1. The van der Waals surface area contributed by atoms with E-state index < -0.39 is 15.3 Å². The third kappa shape index (κ3) is 6.26. The van der Waals surface area contributed by atoms with Crippen LogP contribution in [-0.4, -0.2) is 44.1 Å². The molecule has 0 spiro atoms. The van der Waals surface area contributed by atoms with Crippen LogP contribution in [0.2, 0.25) is 0 Å². The van der Waals surface area contributed by atoms with Crippen molar-refractivity contribution in [2.24, 2.45) is 11.3 Å². The zero-order chi connectivity index (χ0) is 17.8. The molecular formula is C17H32N2O3S. The molecule has 0 radical (unpaired) electrons. The molecule has 1 fully saturated rings. The quantitative estimate of drug-likeness (QED) is 0.780. The maximum atomic E-state index is 12.4. The van der Waals surface area contributed by atoms with E-state index in [0.29, 0.717) is 13.1 Å². The van der Waals surface area contributed by atoms with Crippen molar-refractivity contribution in [3.05, 3.63) is 11.6 Å². The van der Waals surface area contributed by atoms with Gasteiger partial charge in [-0.05, 0) is 44.9 Å². The van der Waals surface area contributed by atoms with Gasteiger partial charge in [-0.3, -0.25) is 4.79 Å². The molecule has 0 aromatic rings. The van der Waals surface area contributed by atoms with E-state index in [9.17, 15) is 13.2 Å². The number of sulfonamides is 1. The highest BCUT2D eigenvalue weighted by Crippen LogP contribution is 2.25. The smallest absolute Gasteiger partial charge is 0.246 e. The lowest BCUT2D eigenvalue weighted by Crippen LogP contribution is -2.44. The second-order valence-electron chi connectivity index (χ2n) is 7.81. The molecule has 5 nitrogen and oxygen atoms in total. The van der Waals surface area contributed by atoms with Crippen LogP contribution in [0, 0.1) is 11.3 Å². The molecule has 0 aromatic carbocycles. The lowest BCUT2D eigenvalue weighted by molar-refractivity contribution is -0.127. The average molecular weight is 345 g/mol. The summed E-state index contributed by atoms with van der Waals surface area (Å²) >= 11 is 0. The summed E-state index contributed by atoms with van der Waals surface area (Å²) < 4.78 is 26.4. The normalized spacial score (nSPS) is 20.9. The van der Waals surface area contributed by atoms with Gasteiger partial charge in [-0.15, -0.1) is 0 Å². The molecule has 1 amide bonds. The summed E-state index contributed by atoms with van der Waals surface area (Å²) in [7, 11) is -3.24. The Hall–Kier alpha value is -0.880. The fourth-order valence-electron chi connectivity index (χ4n) is 2.33. The van der Waals surface area contributed by atoms with Gasteiger partial charge in [0.15, 0.2) is 0 Å². The van der Waals surface area contributed by atoms with E-state index >= 15 is 0 Å². The van der Waals surface area contributed by atoms with Crippen LogP contribution >= 0.6 is 0 Å². The van der Waals surface area contributed by atoms with E-state index in [2.05, 4.69) is 25.5 Å². The predicted octanol–water partition coefficient (Wildman–Crippen LogP) is 2.55. The van der Waals surface area contributed by atoms with Gasteiger partial charge < -0.3 is 4.90 Å². The minimum Gasteiger partial charge on any atom is -0.339 e. The number of nitrogens with zero attached hydrogens (tertiary/aromatic N) is 1. The number of carbonyl (C=O) groups is 1. The molecule has 0 aliphatic carbocycles. The first kappa shape index (κ1) is 20.2. The van der Waals surface area contributed by atoms with Gasteiger partial charge in [-0.25, -0.2) is 13.1 Å². The van der Waals surface area contributed by atoms with Crippen molar-refractivity contribution in [1.29, 1.82) is 0 Å². The van der Waals surface area contributed by atoms with Crippen molar-refractivity contribution < 1.29 is 13.2 Å². The monoisotopic (exact) mass is 344 g/mol. The number of allylic oxidation sites excluding steroid dienone is 1. The third-order valence-corrected chi connectivity index (χ3v) is 6.36. The first-order valence-electron chi connectivity index (χ1n) is 8.39. The molecule has 0 aromatic heterocycles. The number of hydrogen-bond acceptors (Lipinski definition) is 3. The summed E-state index contributed by atoms with van der Waals surface area (Å²) in [6.07, 6.45) is 3.59. The molecule has 1 heterocycles.